The van der Waals surface area contributed by atoms with E-state index in [1.54, 1.807) is 12.1 Å². The zero-order valence-corrected chi connectivity index (χ0v) is 20.1. The number of aliphatic imine (C=N–C) groups is 1. The van der Waals surface area contributed by atoms with Gasteiger partial charge in [-0.2, -0.15) is 0 Å². The largest absolute Gasteiger partial charge is 0.357 e. The monoisotopic (exact) mass is 541 g/mol. The fourth-order valence-corrected chi connectivity index (χ4v) is 3.60. The molecule has 0 unspecified atom stereocenters. The Bertz CT molecular complexity index is 1080. The molecule has 0 spiro atoms. The lowest BCUT2D eigenvalue weighted by Crippen LogP contribution is -2.38. The number of sulfonamides is 1. The Kier molecular flexibility index (Phi) is 9.12. The van der Waals surface area contributed by atoms with Gasteiger partial charge in [0.2, 0.25) is 10.0 Å². The van der Waals surface area contributed by atoms with Crippen LogP contribution < -0.4 is 15.8 Å². The molecule has 0 saturated heterocycles. The van der Waals surface area contributed by atoms with Crippen LogP contribution in [0.3, 0.4) is 0 Å². The quantitative estimate of drug-likeness (QED) is 0.177. The Balaban J connectivity index is 0.00000320. The second-order valence-electron chi connectivity index (χ2n) is 6.73. The third kappa shape index (κ3) is 6.71. The summed E-state index contributed by atoms with van der Waals surface area (Å²) in [4.78, 5) is 4.67. The number of primary sulfonamides is 1. The van der Waals surface area contributed by atoms with E-state index in [4.69, 9.17) is 5.14 Å². The Hall–Kier alpha value is -2.11. The minimum atomic E-state index is -3.67. The van der Waals surface area contributed by atoms with Crippen LogP contribution in [0.15, 0.2) is 70.7 Å². The average molecular weight is 541 g/mol. The topological polar surface area (TPSA) is 102 Å². The van der Waals surface area contributed by atoms with Crippen LogP contribution in [-0.4, -0.2) is 32.0 Å². The van der Waals surface area contributed by atoms with Crippen molar-refractivity contribution < 1.29 is 8.42 Å². The molecule has 0 amide bonds. The second kappa shape index (κ2) is 11.3. The molecule has 7 nitrogen and oxygen atoms in total. The van der Waals surface area contributed by atoms with E-state index in [-0.39, 0.29) is 28.9 Å². The normalized spacial score (nSPS) is 11.9. The van der Waals surface area contributed by atoms with Gasteiger partial charge in [-0.3, -0.25) is 0 Å². The number of aryl methyl sites for hydroxylation is 1. The van der Waals surface area contributed by atoms with Crippen molar-refractivity contribution in [3.63, 3.8) is 0 Å². The number of guanidine groups is 1. The van der Waals surface area contributed by atoms with Crippen molar-refractivity contribution in [2.24, 2.45) is 10.1 Å². The van der Waals surface area contributed by atoms with Crippen LogP contribution in [0.5, 0.6) is 0 Å². The zero-order valence-electron chi connectivity index (χ0n) is 16.9. The second-order valence-corrected chi connectivity index (χ2v) is 8.29. The molecule has 0 bridgehead atoms. The molecule has 9 heteroatoms. The van der Waals surface area contributed by atoms with Gasteiger partial charge in [-0.15, -0.1) is 24.0 Å². The maximum atomic E-state index is 11.3. The van der Waals surface area contributed by atoms with Gasteiger partial charge in [-0.25, -0.2) is 18.5 Å². The van der Waals surface area contributed by atoms with Gasteiger partial charge in [-0.05, 0) is 48.6 Å². The molecule has 3 rings (SSSR count). The number of para-hydroxylation sites is 1. The lowest BCUT2D eigenvalue weighted by molar-refractivity contribution is 0.597. The molecule has 2 aromatic carbocycles. The number of hydrogen-bond acceptors (Lipinski definition) is 3. The summed E-state index contributed by atoms with van der Waals surface area (Å²) in [7, 11) is -3.67. The Morgan fingerprint density at radius 3 is 2.50 bits per heavy atom. The average Bonchev–Trinajstić information content (AvgIpc) is 3.12. The fourth-order valence-electron chi connectivity index (χ4n) is 3.09. The van der Waals surface area contributed by atoms with Gasteiger partial charge in [0, 0.05) is 31.3 Å². The summed E-state index contributed by atoms with van der Waals surface area (Å²) in [5.74, 6) is 0.736. The van der Waals surface area contributed by atoms with Gasteiger partial charge < -0.3 is 15.2 Å². The summed E-state index contributed by atoms with van der Waals surface area (Å²) in [5.41, 5.74) is 2.16. The molecule has 0 atom stereocenters. The Labute approximate surface area is 194 Å². The summed E-state index contributed by atoms with van der Waals surface area (Å²) in [6.07, 6.45) is 3.08. The number of nitrogens with one attached hydrogen (secondary N) is 2. The number of nitrogens with two attached hydrogens (primary N) is 1. The molecule has 1 heterocycles. The van der Waals surface area contributed by atoms with Crippen LogP contribution in [0.4, 0.5) is 0 Å². The highest BCUT2D eigenvalue weighted by atomic mass is 127. The standard InChI is InChI=1S/C21H27N5O2S.HI/c1-2-23-21(25-16-17-8-10-19(11-9-17)29(22,27)28)24-13-5-14-26-15-12-18-6-3-4-7-20(18)26;/h3-4,6-12,15H,2,5,13-14,16H2,1H3,(H2,22,27,28)(H2,23,24,25);1H. The highest BCUT2D eigenvalue weighted by Crippen LogP contribution is 2.15. The van der Waals surface area contributed by atoms with Crippen molar-refractivity contribution in [3.05, 3.63) is 66.4 Å². The zero-order chi connectivity index (χ0) is 20.7. The molecule has 162 valence electrons. The van der Waals surface area contributed by atoms with Crippen molar-refractivity contribution in [2.45, 2.75) is 31.3 Å². The first-order valence-electron chi connectivity index (χ1n) is 9.65. The van der Waals surface area contributed by atoms with Gasteiger partial charge in [0.05, 0.1) is 11.4 Å². The first-order valence-corrected chi connectivity index (χ1v) is 11.2. The van der Waals surface area contributed by atoms with E-state index in [1.165, 1.54) is 23.0 Å². The molecule has 0 aliphatic rings. The highest BCUT2D eigenvalue weighted by Gasteiger charge is 2.06. The SMILES string of the molecule is CCNC(=NCc1ccc(S(N)(=O)=O)cc1)NCCCn1ccc2ccccc21.I. The summed E-state index contributed by atoms with van der Waals surface area (Å²) in [5, 5.41) is 13.0. The number of hydrogen-bond donors (Lipinski definition) is 3. The molecule has 0 aliphatic carbocycles. The van der Waals surface area contributed by atoms with Crippen LogP contribution >= 0.6 is 24.0 Å². The fraction of sp³-hybridized carbons (Fsp3) is 0.286. The van der Waals surface area contributed by atoms with E-state index in [9.17, 15) is 8.42 Å². The van der Waals surface area contributed by atoms with Gasteiger partial charge in [0.25, 0.3) is 0 Å². The Morgan fingerprint density at radius 1 is 1.07 bits per heavy atom. The number of halogens is 1. The van der Waals surface area contributed by atoms with Crippen LogP contribution in [0.25, 0.3) is 10.9 Å². The molecule has 1 aromatic heterocycles. The van der Waals surface area contributed by atoms with Crippen molar-refractivity contribution in [3.8, 4) is 0 Å². The number of rotatable bonds is 8. The molecular formula is C21H28IN5O2S. The first-order chi connectivity index (χ1) is 14.0. The molecule has 0 saturated carbocycles. The molecule has 0 fully saturated rings. The van der Waals surface area contributed by atoms with Crippen LogP contribution in [0.2, 0.25) is 0 Å². The third-order valence-corrected chi connectivity index (χ3v) is 5.49. The molecule has 0 radical (unpaired) electrons. The van der Waals surface area contributed by atoms with Crippen molar-refractivity contribution >= 4 is 50.9 Å². The lowest BCUT2D eigenvalue weighted by Gasteiger charge is -2.12. The van der Waals surface area contributed by atoms with Crippen molar-refractivity contribution in [1.29, 1.82) is 0 Å². The van der Waals surface area contributed by atoms with E-state index >= 15 is 0 Å². The highest BCUT2D eigenvalue weighted by molar-refractivity contribution is 14.0. The van der Waals surface area contributed by atoms with Crippen molar-refractivity contribution in [2.75, 3.05) is 13.1 Å². The van der Waals surface area contributed by atoms with Gasteiger partial charge in [-0.1, -0.05) is 30.3 Å². The first kappa shape index (κ1) is 24.2. The van der Waals surface area contributed by atoms with Gasteiger partial charge >= 0.3 is 0 Å². The van der Waals surface area contributed by atoms with Gasteiger partial charge in [0.1, 0.15) is 0 Å². The third-order valence-electron chi connectivity index (χ3n) is 4.56. The number of fused-ring (bicyclic) bond motifs is 1. The predicted molar refractivity (Wildman–Crippen MR) is 133 cm³/mol. The van der Waals surface area contributed by atoms with Gasteiger partial charge in [0.15, 0.2) is 5.96 Å². The molecule has 0 aliphatic heterocycles. The van der Waals surface area contributed by atoms with E-state index in [0.717, 1.165) is 37.6 Å². The number of aromatic nitrogens is 1. The lowest BCUT2D eigenvalue weighted by atomic mass is 10.2. The minimum Gasteiger partial charge on any atom is -0.357 e. The number of nitrogens with zero attached hydrogens (tertiary/aromatic N) is 2. The predicted octanol–water partition coefficient (Wildman–Crippen LogP) is 3.05. The van der Waals surface area contributed by atoms with E-state index in [0.29, 0.717) is 6.54 Å². The molecular weight excluding hydrogens is 513 g/mol. The van der Waals surface area contributed by atoms with Crippen molar-refractivity contribution in [1.82, 2.24) is 15.2 Å². The van der Waals surface area contributed by atoms with Crippen LogP contribution in [-0.2, 0) is 23.1 Å². The van der Waals surface area contributed by atoms with E-state index in [2.05, 4.69) is 56.7 Å². The molecule has 4 N–H and O–H groups in total. The summed E-state index contributed by atoms with van der Waals surface area (Å²) in [6.45, 7) is 4.95. The summed E-state index contributed by atoms with van der Waals surface area (Å²) in [6, 6.07) is 17.0. The minimum absolute atomic E-state index is 0. The summed E-state index contributed by atoms with van der Waals surface area (Å²) >= 11 is 0. The smallest absolute Gasteiger partial charge is 0.238 e. The molecule has 30 heavy (non-hydrogen) atoms. The maximum Gasteiger partial charge on any atom is 0.238 e. The van der Waals surface area contributed by atoms with Crippen LogP contribution in [0.1, 0.15) is 18.9 Å². The summed E-state index contributed by atoms with van der Waals surface area (Å²) < 4.78 is 24.9. The van der Waals surface area contributed by atoms with E-state index < -0.39 is 10.0 Å². The Morgan fingerprint density at radius 2 is 1.80 bits per heavy atom. The molecule has 3 aromatic rings. The number of benzene rings is 2. The van der Waals surface area contributed by atoms with E-state index in [1.807, 2.05) is 6.92 Å². The van der Waals surface area contributed by atoms with Crippen LogP contribution in [0, 0.1) is 0 Å². The maximum absolute atomic E-state index is 11.3.